The summed E-state index contributed by atoms with van der Waals surface area (Å²) in [6.45, 7) is 8.22. The molecule has 1 atom stereocenters. The number of hydrogen-bond acceptors (Lipinski definition) is 5. The molecule has 0 spiro atoms. The molecule has 0 fully saturated rings. The lowest BCUT2D eigenvalue weighted by molar-refractivity contribution is 0.0410. The molecule has 0 aromatic carbocycles. The summed E-state index contributed by atoms with van der Waals surface area (Å²) in [7, 11) is 0. The molecule has 92 valence electrons. The molecule has 0 aliphatic heterocycles. The number of aromatic nitrogens is 2. The fraction of sp³-hybridized carbons (Fsp3) is 0.818. The van der Waals surface area contributed by atoms with Gasteiger partial charge in [0.2, 0.25) is 5.89 Å². The van der Waals surface area contributed by atoms with Crippen LogP contribution in [-0.2, 0) is 16.7 Å². The summed E-state index contributed by atoms with van der Waals surface area (Å²) in [5.41, 5.74) is 5.39. The topological polar surface area (TPSA) is 74.2 Å². The highest BCUT2D eigenvalue weighted by Gasteiger charge is 2.28. The predicted molar refractivity (Wildman–Crippen MR) is 60.9 cm³/mol. The predicted octanol–water partition coefficient (Wildman–Crippen LogP) is 1.62. The molecule has 2 N–H and O–H groups in total. The zero-order valence-electron chi connectivity index (χ0n) is 10.5. The van der Waals surface area contributed by atoms with Gasteiger partial charge in [0.1, 0.15) is 5.54 Å². The molecule has 1 rings (SSSR count). The standard InChI is InChI=1S/C11H21N3O2/c1-5-6-9-13-10(14-16-9)11(4,12)7-15-8(2)3/h8H,5-7,12H2,1-4H3. The van der Waals surface area contributed by atoms with E-state index in [1.54, 1.807) is 0 Å². The minimum atomic E-state index is -0.695. The van der Waals surface area contributed by atoms with Gasteiger partial charge in [0.05, 0.1) is 12.7 Å². The molecule has 1 aromatic heterocycles. The third-order valence-corrected chi connectivity index (χ3v) is 2.16. The second-order valence-corrected chi connectivity index (χ2v) is 4.54. The van der Waals surface area contributed by atoms with E-state index in [4.69, 9.17) is 15.0 Å². The van der Waals surface area contributed by atoms with Gasteiger partial charge in [0, 0.05) is 6.42 Å². The lowest BCUT2D eigenvalue weighted by atomic mass is 10.1. The van der Waals surface area contributed by atoms with Crippen molar-refractivity contribution in [2.24, 2.45) is 5.73 Å². The van der Waals surface area contributed by atoms with Crippen molar-refractivity contribution in [1.29, 1.82) is 0 Å². The van der Waals surface area contributed by atoms with Gasteiger partial charge < -0.3 is 15.0 Å². The Balaban J connectivity index is 2.65. The van der Waals surface area contributed by atoms with Gasteiger partial charge in [-0.25, -0.2) is 0 Å². The van der Waals surface area contributed by atoms with E-state index in [0.717, 1.165) is 12.8 Å². The van der Waals surface area contributed by atoms with Gasteiger partial charge in [-0.3, -0.25) is 0 Å². The Bertz CT molecular complexity index is 321. The monoisotopic (exact) mass is 227 g/mol. The minimum absolute atomic E-state index is 0.143. The number of nitrogens with zero attached hydrogens (tertiary/aromatic N) is 2. The maximum Gasteiger partial charge on any atom is 0.226 e. The first-order valence-corrected chi connectivity index (χ1v) is 5.69. The van der Waals surface area contributed by atoms with Crippen LogP contribution in [0.1, 0.15) is 45.8 Å². The normalized spacial score (nSPS) is 15.4. The summed E-state index contributed by atoms with van der Waals surface area (Å²) in [5.74, 6) is 1.15. The van der Waals surface area contributed by atoms with Gasteiger partial charge in [-0.15, -0.1) is 0 Å². The molecular weight excluding hydrogens is 206 g/mol. The fourth-order valence-corrected chi connectivity index (χ4v) is 1.21. The number of nitrogens with two attached hydrogens (primary N) is 1. The van der Waals surface area contributed by atoms with Crippen LogP contribution in [0.4, 0.5) is 0 Å². The summed E-state index contributed by atoms with van der Waals surface area (Å²) >= 11 is 0. The van der Waals surface area contributed by atoms with Crippen molar-refractivity contribution in [3.05, 3.63) is 11.7 Å². The zero-order valence-corrected chi connectivity index (χ0v) is 10.5. The Morgan fingerprint density at radius 3 is 2.75 bits per heavy atom. The lowest BCUT2D eigenvalue weighted by Crippen LogP contribution is -2.40. The van der Waals surface area contributed by atoms with Gasteiger partial charge in [0.25, 0.3) is 0 Å². The first-order chi connectivity index (χ1) is 7.45. The molecule has 1 aromatic rings. The van der Waals surface area contributed by atoms with E-state index in [9.17, 15) is 0 Å². The van der Waals surface area contributed by atoms with Crippen LogP contribution < -0.4 is 5.73 Å². The zero-order chi connectivity index (χ0) is 12.2. The largest absolute Gasteiger partial charge is 0.376 e. The van der Waals surface area contributed by atoms with E-state index in [0.29, 0.717) is 18.3 Å². The van der Waals surface area contributed by atoms with Crippen LogP contribution in [0, 0.1) is 0 Å². The first kappa shape index (κ1) is 13.1. The molecule has 5 nitrogen and oxygen atoms in total. The first-order valence-electron chi connectivity index (χ1n) is 5.69. The molecule has 0 aliphatic rings. The van der Waals surface area contributed by atoms with Gasteiger partial charge in [-0.2, -0.15) is 4.98 Å². The molecule has 0 saturated carbocycles. The molecule has 0 bridgehead atoms. The van der Waals surface area contributed by atoms with Crippen LogP contribution >= 0.6 is 0 Å². The Hall–Kier alpha value is -0.940. The van der Waals surface area contributed by atoms with Crippen molar-refractivity contribution >= 4 is 0 Å². The number of rotatable bonds is 6. The van der Waals surface area contributed by atoms with Gasteiger partial charge in [-0.1, -0.05) is 12.1 Å². The Morgan fingerprint density at radius 2 is 2.19 bits per heavy atom. The van der Waals surface area contributed by atoms with Gasteiger partial charge in [0.15, 0.2) is 5.82 Å². The summed E-state index contributed by atoms with van der Waals surface area (Å²) in [6.07, 6.45) is 1.91. The highest BCUT2D eigenvalue weighted by molar-refractivity contribution is 5.01. The Kier molecular flexibility index (Phi) is 4.44. The summed E-state index contributed by atoms with van der Waals surface area (Å²) in [5, 5.41) is 3.89. The van der Waals surface area contributed by atoms with Crippen LogP contribution in [-0.4, -0.2) is 22.9 Å². The molecule has 0 saturated heterocycles. The van der Waals surface area contributed by atoms with Crippen molar-refractivity contribution in [2.45, 2.75) is 52.2 Å². The Labute approximate surface area is 96.4 Å². The van der Waals surface area contributed by atoms with Crippen LogP contribution in [0.2, 0.25) is 0 Å². The second kappa shape index (κ2) is 5.41. The minimum Gasteiger partial charge on any atom is -0.376 e. The average Bonchev–Trinajstić information content (AvgIpc) is 2.65. The van der Waals surface area contributed by atoms with E-state index >= 15 is 0 Å². The second-order valence-electron chi connectivity index (χ2n) is 4.54. The molecule has 1 heterocycles. The van der Waals surface area contributed by atoms with E-state index in [1.807, 2.05) is 20.8 Å². The molecule has 0 aliphatic carbocycles. The summed E-state index contributed by atoms with van der Waals surface area (Å²) in [6, 6.07) is 0. The van der Waals surface area contributed by atoms with E-state index in [1.165, 1.54) is 0 Å². The van der Waals surface area contributed by atoms with Crippen molar-refractivity contribution in [3.63, 3.8) is 0 Å². The van der Waals surface area contributed by atoms with E-state index in [-0.39, 0.29) is 6.10 Å². The molecular formula is C11H21N3O2. The third kappa shape index (κ3) is 3.57. The van der Waals surface area contributed by atoms with Crippen molar-refractivity contribution in [3.8, 4) is 0 Å². The van der Waals surface area contributed by atoms with Crippen molar-refractivity contribution in [1.82, 2.24) is 10.1 Å². The van der Waals surface area contributed by atoms with Crippen LogP contribution in [0.25, 0.3) is 0 Å². The Morgan fingerprint density at radius 1 is 1.50 bits per heavy atom. The molecule has 0 radical (unpaired) electrons. The van der Waals surface area contributed by atoms with Crippen LogP contribution in [0.3, 0.4) is 0 Å². The van der Waals surface area contributed by atoms with Crippen molar-refractivity contribution in [2.75, 3.05) is 6.61 Å². The highest BCUT2D eigenvalue weighted by Crippen LogP contribution is 2.16. The molecule has 16 heavy (non-hydrogen) atoms. The molecule has 5 heteroatoms. The van der Waals surface area contributed by atoms with E-state index in [2.05, 4.69) is 17.1 Å². The third-order valence-electron chi connectivity index (χ3n) is 2.16. The maximum atomic E-state index is 6.09. The van der Waals surface area contributed by atoms with Crippen LogP contribution in [0.15, 0.2) is 4.52 Å². The lowest BCUT2D eigenvalue weighted by Gasteiger charge is -2.21. The smallest absolute Gasteiger partial charge is 0.226 e. The molecule has 0 amide bonds. The maximum absolute atomic E-state index is 6.09. The SMILES string of the molecule is CCCc1nc(C(C)(N)COC(C)C)no1. The molecule has 1 unspecified atom stereocenters. The number of ether oxygens (including phenoxy) is 1. The highest BCUT2D eigenvalue weighted by atomic mass is 16.5. The number of aryl methyl sites for hydroxylation is 1. The number of hydrogen-bond donors (Lipinski definition) is 1. The summed E-state index contributed by atoms with van der Waals surface area (Å²) < 4.78 is 10.6. The summed E-state index contributed by atoms with van der Waals surface area (Å²) in [4.78, 5) is 4.27. The van der Waals surface area contributed by atoms with Crippen LogP contribution in [0.5, 0.6) is 0 Å². The fourth-order valence-electron chi connectivity index (χ4n) is 1.21. The van der Waals surface area contributed by atoms with Gasteiger partial charge >= 0.3 is 0 Å². The average molecular weight is 227 g/mol. The quantitative estimate of drug-likeness (QED) is 0.799. The van der Waals surface area contributed by atoms with E-state index < -0.39 is 5.54 Å². The van der Waals surface area contributed by atoms with Crippen molar-refractivity contribution < 1.29 is 9.26 Å². The van der Waals surface area contributed by atoms with Gasteiger partial charge in [-0.05, 0) is 27.2 Å².